The Morgan fingerprint density at radius 2 is 2.00 bits per heavy atom. The molecule has 1 atom stereocenters. The summed E-state index contributed by atoms with van der Waals surface area (Å²) in [4.78, 5) is 17.0. The Morgan fingerprint density at radius 1 is 1.14 bits per heavy atom. The van der Waals surface area contributed by atoms with Gasteiger partial charge in [-0.15, -0.1) is 0 Å². The second-order valence-corrected chi connectivity index (χ2v) is 7.49. The van der Waals surface area contributed by atoms with E-state index in [0.717, 1.165) is 40.7 Å². The van der Waals surface area contributed by atoms with Gasteiger partial charge < -0.3 is 10.6 Å². The molecule has 0 bridgehead atoms. The molecule has 0 fully saturated rings. The number of amides is 1. The van der Waals surface area contributed by atoms with Crippen LogP contribution in [0.2, 0.25) is 5.02 Å². The Kier molecular flexibility index (Phi) is 5.92. The van der Waals surface area contributed by atoms with E-state index in [0.29, 0.717) is 11.6 Å². The molecule has 5 heteroatoms. The molecule has 0 saturated heterocycles. The number of hydrogen-bond donors (Lipinski definition) is 2. The molecular formula is C24H22ClN3O. The number of benzene rings is 2. The Labute approximate surface area is 175 Å². The highest BCUT2D eigenvalue weighted by Gasteiger charge is 2.17. The van der Waals surface area contributed by atoms with Crippen molar-refractivity contribution in [3.8, 4) is 0 Å². The number of halogens is 1. The molecule has 1 unspecified atom stereocenters. The molecule has 146 valence electrons. The minimum Gasteiger partial charge on any atom is -0.352 e. The van der Waals surface area contributed by atoms with Crippen molar-refractivity contribution in [3.63, 3.8) is 0 Å². The van der Waals surface area contributed by atoms with E-state index in [1.54, 1.807) is 6.20 Å². The van der Waals surface area contributed by atoms with Gasteiger partial charge >= 0.3 is 0 Å². The first-order chi connectivity index (χ1) is 14.2. The molecule has 4 nitrogen and oxygen atoms in total. The number of nitrogens with one attached hydrogen (secondary N) is 2. The summed E-state index contributed by atoms with van der Waals surface area (Å²) in [5, 5.41) is 9.13. The largest absolute Gasteiger partial charge is 0.352 e. The van der Waals surface area contributed by atoms with E-state index in [4.69, 9.17) is 11.6 Å². The quantitative estimate of drug-likeness (QED) is 0.594. The highest BCUT2D eigenvalue weighted by atomic mass is 35.5. The van der Waals surface area contributed by atoms with Crippen LogP contribution in [-0.2, 0) is 11.3 Å². The Morgan fingerprint density at radius 3 is 2.86 bits per heavy atom. The third-order valence-corrected chi connectivity index (χ3v) is 5.22. The SMILES string of the molecule is O=C(NCc1ccccc1)C1C=CC(Nc2nccc3ccc(Cl)cc23)=CCC1. The third kappa shape index (κ3) is 4.84. The number of pyridine rings is 1. The lowest BCUT2D eigenvalue weighted by Crippen LogP contribution is -2.29. The molecule has 1 heterocycles. The number of hydrogen-bond acceptors (Lipinski definition) is 3. The van der Waals surface area contributed by atoms with Gasteiger partial charge in [-0.25, -0.2) is 4.98 Å². The molecule has 0 saturated carbocycles. The maximum atomic E-state index is 12.6. The molecule has 1 aromatic heterocycles. The van der Waals surface area contributed by atoms with Gasteiger partial charge in [-0.05, 0) is 48.1 Å². The third-order valence-electron chi connectivity index (χ3n) is 4.99. The van der Waals surface area contributed by atoms with E-state index in [1.165, 1.54) is 0 Å². The number of aromatic nitrogens is 1. The summed E-state index contributed by atoms with van der Waals surface area (Å²) in [6.45, 7) is 0.545. The number of fused-ring (bicyclic) bond motifs is 1. The second-order valence-electron chi connectivity index (χ2n) is 7.06. The van der Waals surface area contributed by atoms with Gasteiger partial charge in [0.05, 0.1) is 5.92 Å². The number of carbonyl (C=O) groups is 1. The van der Waals surface area contributed by atoms with Gasteiger partial charge in [0, 0.05) is 28.8 Å². The van der Waals surface area contributed by atoms with E-state index < -0.39 is 0 Å². The van der Waals surface area contributed by atoms with Gasteiger partial charge in [0.2, 0.25) is 5.91 Å². The van der Waals surface area contributed by atoms with Gasteiger partial charge in [-0.1, -0.05) is 60.2 Å². The summed E-state index contributed by atoms with van der Waals surface area (Å²) in [5.74, 6) is 0.659. The van der Waals surface area contributed by atoms with E-state index in [-0.39, 0.29) is 11.8 Å². The normalized spacial score (nSPS) is 16.2. The summed E-state index contributed by atoms with van der Waals surface area (Å²) in [6.07, 6.45) is 9.39. The van der Waals surface area contributed by atoms with Gasteiger partial charge in [0.1, 0.15) is 5.82 Å². The molecule has 0 spiro atoms. The van der Waals surface area contributed by atoms with Crippen LogP contribution in [0, 0.1) is 5.92 Å². The zero-order chi connectivity index (χ0) is 20.1. The summed E-state index contributed by atoms with van der Waals surface area (Å²) in [5.41, 5.74) is 2.03. The lowest BCUT2D eigenvalue weighted by atomic mass is 10.0. The molecule has 4 rings (SSSR count). The first-order valence-corrected chi connectivity index (χ1v) is 10.1. The van der Waals surface area contributed by atoms with Crippen LogP contribution in [0.3, 0.4) is 0 Å². The molecule has 2 aromatic carbocycles. The summed E-state index contributed by atoms with van der Waals surface area (Å²) >= 11 is 6.16. The monoisotopic (exact) mass is 403 g/mol. The smallest absolute Gasteiger partial charge is 0.227 e. The number of anilines is 1. The minimum atomic E-state index is -0.149. The molecule has 1 aliphatic carbocycles. The highest BCUT2D eigenvalue weighted by molar-refractivity contribution is 6.31. The summed E-state index contributed by atoms with van der Waals surface area (Å²) in [6, 6.07) is 17.7. The molecule has 0 radical (unpaired) electrons. The second kappa shape index (κ2) is 8.93. The lowest BCUT2D eigenvalue weighted by molar-refractivity contribution is -0.123. The predicted octanol–water partition coefficient (Wildman–Crippen LogP) is 5.47. The average molecular weight is 404 g/mol. The van der Waals surface area contributed by atoms with Gasteiger partial charge in [0.25, 0.3) is 0 Å². The molecule has 1 amide bonds. The van der Waals surface area contributed by atoms with E-state index in [2.05, 4.69) is 21.7 Å². The van der Waals surface area contributed by atoms with Gasteiger partial charge in [-0.3, -0.25) is 4.79 Å². The Bertz CT molecular complexity index is 1080. The van der Waals surface area contributed by atoms with Crippen molar-refractivity contribution >= 4 is 34.1 Å². The van der Waals surface area contributed by atoms with Crippen molar-refractivity contribution in [2.75, 3.05) is 5.32 Å². The van der Waals surface area contributed by atoms with Crippen LogP contribution in [0.1, 0.15) is 18.4 Å². The van der Waals surface area contributed by atoms with Crippen molar-refractivity contribution in [2.45, 2.75) is 19.4 Å². The molecular weight excluding hydrogens is 382 g/mol. The topological polar surface area (TPSA) is 54.0 Å². The molecule has 2 N–H and O–H groups in total. The zero-order valence-electron chi connectivity index (χ0n) is 15.9. The van der Waals surface area contributed by atoms with Crippen LogP contribution >= 0.6 is 11.6 Å². The van der Waals surface area contributed by atoms with E-state index in [9.17, 15) is 4.79 Å². The lowest BCUT2D eigenvalue weighted by Gasteiger charge is -2.11. The van der Waals surface area contributed by atoms with Crippen LogP contribution in [0.25, 0.3) is 10.8 Å². The zero-order valence-corrected chi connectivity index (χ0v) is 16.7. The van der Waals surface area contributed by atoms with E-state index >= 15 is 0 Å². The van der Waals surface area contributed by atoms with Crippen LogP contribution < -0.4 is 10.6 Å². The fourth-order valence-corrected chi connectivity index (χ4v) is 3.58. The molecule has 1 aliphatic rings. The Balaban J connectivity index is 1.43. The Hall–Kier alpha value is -3.11. The maximum absolute atomic E-state index is 12.6. The van der Waals surface area contributed by atoms with Crippen LogP contribution in [0.15, 0.2) is 84.7 Å². The minimum absolute atomic E-state index is 0.0508. The number of nitrogens with zero attached hydrogens (tertiary/aromatic N) is 1. The van der Waals surface area contributed by atoms with Gasteiger partial charge in [-0.2, -0.15) is 0 Å². The van der Waals surface area contributed by atoms with Crippen molar-refractivity contribution in [1.29, 1.82) is 0 Å². The summed E-state index contributed by atoms with van der Waals surface area (Å²) in [7, 11) is 0. The number of allylic oxidation sites excluding steroid dienone is 2. The van der Waals surface area contributed by atoms with Crippen molar-refractivity contribution in [2.24, 2.45) is 5.92 Å². The van der Waals surface area contributed by atoms with Crippen molar-refractivity contribution < 1.29 is 4.79 Å². The van der Waals surface area contributed by atoms with Gasteiger partial charge in [0.15, 0.2) is 0 Å². The molecule has 3 aromatic rings. The van der Waals surface area contributed by atoms with Crippen LogP contribution in [-0.4, -0.2) is 10.9 Å². The standard InChI is InChI=1S/C24H22ClN3O/c25-20-11-9-18-13-14-26-23(22(18)15-20)28-21-8-4-7-19(10-12-21)24(29)27-16-17-5-2-1-3-6-17/h1-3,5-6,8-15,19H,4,7,16H2,(H,26,28)(H,27,29). The number of rotatable bonds is 5. The molecule has 29 heavy (non-hydrogen) atoms. The highest BCUT2D eigenvalue weighted by Crippen LogP contribution is 2.26. The first-order valence-electron chi connectivity index (χ1n) is 9.70. The first kappa shape index (κ1) is 19.2. The average Bonchev–Trinajstić information content (AvgIpc) is 2.99. The number of carbonyl (C=O) groups excluding carboxylic acids is 1. The van der Waals surface area contributed by atoms with Crippen molar-refractivity contribution in [3.05, 3.63) is 95.3 Å². The van der Waals surface area contributed by atoms with Crippen LogP contribution in [0.4, 0.5) is 5.82 Å². The van der Waals surface area contributed by atoms with Crippen LogP contribution in [0.5, 0.6) is 0 Å². The fraction of sp³-hybridized carbons (Fsp3) is 0.167. The predicted molar refractivity (Wildman–Crippen MR) is 119 cm³/mol. The fourth-order valence-electron chi connectivity index (χ4n) is 3.41. The molecule has 0 aliphatic heterocycles. The van der Waals surface area contributed by atoms with Crippen molar-refractivity contribution in [1.82, 2.24) is 10.3 Å². The van der Waals surface area contributed by atoms with E-state index in [1.807, 2.05) is 66.7 Å². The maximum Gasteiger partial charge on any atom is 0.227 e. The summed E-state index contributed by atoms with van der Waals surface area (Å²) < 4.78 is 0.